The second-order valence-electron chi connectivity index (χ2n) is 4.99. The van der Waals surface area contributed by atoms with Crippen molar-refractivity contribution in [3.8, 4) is 0 Å². The van der Waals surface area contributed by atoms with E-state index in [1.165, 1.54) is 0 Å². The van der Waals surface area contributed by atoms with Gasteiger partial charge in [0.2, 0.25) is 5.91 Å². The van der Waals surface area contributed by atoms with Crippen LogP contribution in [0.1, 0.15) is 42.2 Å². The molecule has 0 spiro atoms. The molecule has 2 rings (SSSR count). The Kier molecular flexibility index (Phi) is 4.57. The summed E-state index contributed by atoms with van der Waals surface area (Å²) in [7, 11) is 1.89. The quantitative estimate of drug-likeness (QED) is 0.826. The largest absolute Gasteiger partial charge is 0.347 e. The molecule has 6 nitrogen and oxygen atoms in total. The van der Waals surface area contributed by atoms with E-state index in [4.69, 9.17) is 0 Å². The lowest BCUT2D eigenvalue weighted by Gasteiger charge is -2.12. The molecule has 2 aromatic rings. The molecule has 21 heavy (non-hydrogen) atoms. The first-order chi connectivity index (χ1) is 10.0. The highest BCUT2D eigenvalue weighted by Gasteiger charge is 2.13. The van der Waals surface area contributed by atoms with E-state index in [1.807, 2.05) is 38.6 Å². The lowest BCUT2D eigenvalue weighted by atomic mass is 10.1. The Hall–Kier alpha value is -2.37. The van der Waals surface area contributed by atoms with Crippen LogP contribution in [0, 0.1) is 13.8 Å². The van der Waals surface area contributed by atoms with E-state index in [0.717, 1.165) is 29.2 Å². The topological polar surface area (TPSA) is 75.6 Å². The molecule has 0 saturated heterocycles. The van der Waals surface area contributed by atoms with Crippen molar-refractivity contribution in [2.24, 2.45) is 7.05 Å². The van der Waals surface area contributed by atoms with E-state index in [0.29, 0.717) is 0 Å². The predicted octanol–water partition coefficient (Wildman–Crippen LogP) is 2.04. The number of nitrogens with one attached hydrogen (secondary N) is 2. The number of aryl methyl sites for hydroxylation is 2. The van der Waals surface area contributed by atoms with Crippen LogP contribution in [0.2, 0.25) is 0 Å². The van der Waals surface area contributed by atoms with Gasteiger partial charge in [-0.05, 0) is 26.3 Å². The number of aromatic amines is 1. The molecule has 0 bridgehead atoms. The van der Waals surface area contributed by atoms with E-state index in [1.54, 1.807) is 18.5 Å². The Morgan fingerprint density at radius 2 is 2.29 bits per heavy atom. The molecule has 2 aromatic heterocycles. The van der Waals surface area contributed by atoms with Gasteiger partial charge in [0.15, 0.2) is 0 Å². The number of H-pyrrole nitrogens is 1. The maximum atomic E-state index is 12.0. The minimum absolute atomic E-state index is 0.103. The average Bonchev–Trinajstić information content (AvgIpc) is 3.05. The summed E-state index contributed by atoms with van der Waals surface area (Å²) < 4.78 is 1.81. The van der Waals surface area contributed by atoms with Crippen LogP contribution in [0.25, 0.3) is 6.08 Å². The van der Waals surface area contributed by atoms with Crippen LogP contribution in [0.5, 0.6) is 0 Å². The Bertz CT molecular complexity index is 639. The Balaban J connectivity index is 2.06. The lowest BCUT2D eigenvalue weighted by molar-refractivity contribution is -0.117. The lowest BCUT2D eigenvalue weighted by Crippen LogP contribution is -2.27. The van der Waals surface area contributed by atoms with Crippen molar-refractivity contribution in [2.45, 2.75) is 33.2 Å². The van der Waals surface area contributed by atoms with Gasteiger partial charge in [-0.2, -0.15) is 5.10 Å². The van der Waals surface area contributed by atoms with Crippen molar-refractivity contribution < 1.29 is 4.79 Å². The first-order valence-corrected chi connectivity index (χ1v) is 7.01. The molecule has 1 unspecified atom stereocenters. The molecule has 112 valence electrons. The molecule has 0 radical (unpaired) electrons. The normalized spacial score (nSPS) is 12.8. The SMILES string of the molecule is CCC(NC(=O)/C=C/c1c(C)nn(C)c1C)c1ncc[nH]1. The molecular formula is C15H21N5O. The second-order valence-corrected chi connectivity index (χ2v) is 4.99. The molecule has 2 heterocycles. The smallest absolute Gasteiger partial charge is 0.244 e. The first-order valence-electron chi connectivity index (χ1n) is 7.01. The maximum absolute atomic E-state index is 12.0. The zero-order chi connectivity index (χ0) is 15.4. The highest BCUT2D eigenvalue weighted by Crippen LogP contribution is 2.14. The summed E-state index contributed by atoms with van der Waals surface area (Å²) in [4.78, 5) is 19.3. The average molecular weight is 287 g/mol. The summed E-state index contributed by atoms with van der Waals surface area (Å²) in [6, 6.07) is -0.103. The Labute approximate surface area is 124 Å². The van der Waals surface area contributed by atoms with E-state index < -0.39 is 0 Å². The maximum Gasteiger partial charge on any atom is 0.244 e. The number of amides is 1. The third-order valence-corrected chi connectivity index (χ3v) is 3.54. The van der Waals surface area contributed by atoms with Crippen molar-refractivity contribution in [1.29, 1.82) is 0 Å². The van der Waals surface area contributed by atoms with Gasteiger partial charge in [-0.1, -0.05) is 6.92 Å². The molecule has 0 saturated carbocycles. The Morgan fingerprint density at radius 1 is 1.52 bits per heavy atom. The van der Waals surface area contributed by atoms with Crippen LogP contribution in [0.3, 0.4) is 0 Å². The number of aromatic nitrogens is 4. The predicted molar refractivity (Wildman–Crippen MR) is 81.5 cm³/mol. The van der Waals surface area contributed by atoms with E-state index in [2.05, 4.69) is 20.4 Å². The van der Waals surface area contributed by atoms with Crippen LogP contribution < -0.4 is 5.32 Å². The minimum atomic E-state index is -0.138. The first kappa shape index (κ1) is 15.0. The number of carbonyl (C=O) groups excluding carboxylic acids is 1. The highest BCUT2D eigenvalue weighted by molar-refractivity contribution is 5.92. The fourth-order valence-corrected chi connectivity index (χ4v) is 2.24. The van der Waals surface area contributed by atoms with Gasteiger partial charge < -0.3 is 10.3 Å². The highest BCUT2D eigenvalue weighted by atomic mass is 16.1. The zero-order valence-electron chi connectivity index (χ0n) is 12.8. The molecular weight excluding hydrogens is 266 g/mol. The van der Waals surface area contributed by atoms with E-state index in [9.17, 15) is 4.79 Å². The number of rotatable bonds is 5. The molecule has 0 aromatic carbocycles. The number of nitrogens with zero attached hydrogens (tertiary/aromatic N) is 3. The fourth-order valence-electron chi connectivity index (χ4n) is 2.24. The second kappa shape index (κ2) is 6.39. The van der Waals surface area contributed by atoms with Gasteiger partial charge in [-0.15, -0.1) is 0 Å². The van der Waals surface area contributed by atoms with Crippen LogP contribution in [0.15, 0.2) is 18.5 Å². The van der Waals surface area contributed by atoms with E-state index in [-0.39, 0.29) is 11.9 Å². The van der Waals surface area contributed by atoms with Crippen molar-refractivity contribution in [3.05, 3.63) is 41.2 Å². The number of carbonyl (C=O) groups is 1. The number of imidazole rings is 1. The molecule has 0 aliphatic carbocycles. The zero-order valence-corrected chi connectivity index (χ0v) is 12.8. The molecule has 2 N–H and O–H groups in total. The minimum Gasteiger partial charge on any atom is -0.347 e. The molecule has 1 amide bonds. The van der Waals surface area contributed by atoms with Gasteiger partial charge >= 0.3 is 0 Å². The monoisotopic (exact) mass is 287 g/mol. The van der Waals surface area contributed by atoms with Crippen LogP contribution >= 0.6 is 0 Å². The molecule has 0 aliphatic heterocycles. The van der Waals surface area contributed by atoms with Crippen LogP contribution in [-0.2, 0) is 11.8 Å². The van der Waals surface area contributed by atoms with Gasteiger partial charge in [0.25, 0.3) is 0 Å². The molecule has 0 fully saturated rings. The summed E-state index contributed by atoms with van der Waals surface area (Å²) in [6.45, 7) is 5.92. The summed E-state index contributed by atoms with van der Waals surface area (Å²) in [6.07, 6.45) is 7.56. The summed E-state index contributed by atoms with van der Waals surface area (Å²) in [5, 5.41) is 7.26. The third kappa shape index (κ3) is 3.39. The van der Waals surface area contributed by atoms with Crippen molar-refractivity contribution >= 4 is 12.0 Å². The number of hydrogen-bond acceptors (Lipinski definition) is 3. The van der Waals surface area contributed by atoms with Crippen LogP contribution in [-0.4, -0.2) is 25.7 Å². The van der Waals surface area contributed by atoms with Crippen molar-refractivity contribution in [3.63, 3.8) is 0 Å². The van der Waals surface area contributed by atoms with Gasteiger partial charge in [0, 0.05) is 36.8 Å². The third-order valence-electron chi connectivity index (χ3n) is 3.54. The van der Waals surface area contributed by atoms with Gasteiger partial charge in [0.05, 0.1) is 11.7 Å². The van der Waals surface area contributed by atoms with Gasteiger partial charge in [-0.25, -0.2) is 4.98 Å². The number of hydrogen-bond donors (Lipinski definition) is 2. The standard InChI is InChI=1S/C15H21N5O/c1-5-13(15-16-8-9-17-15)18-14(21)7-6-12-10(2)19-20(4)11(12)3/h6-9,13H,5H2,1-4H3,(H,16,17)(H,18,21)/b7-6+. The van der Waals surface area contributed by atoms with Crippen molar-refractivity contribution in [1.82, 2.24) is 25.1 Å². The summed E-state index contributed by atoms with van der Waals surface area (Å²) in [5.41, 5.74) is 2.94. The van der Waals surface area contributed by atoms with E-state index >= 15 is 0 Å². The Morgan fingerprint density at radius 3 is 2.81 bits per heavy atom. The van der Waals surface area contributed by atoms with Crippen LogP contribution in [0.4, 0.5) is 0 Å². The van der Waals surface area contributed by atoms with Crippen molar-refractivity contribution in [2.75, 3.05) is 0 Å². The summed E-state index contributed by atoms with van der Waals surface area (Å²) in [5.74, 6) is 0.633. The summed E-state index contributed by atoms with van der Waals surface area (Å²) >= 11 is 0. The van der Waals surface area contributed by atoms with Gasteiger partial charge in [-0.3, -0.25) is 9.48 Å². The molecule has 1 atom stereocenters. The molecule has 6 heteroatoms. The molecule has 0 aliphatic rings. The fraction of sp³-hybridized carbons (Fsp3) is 0.400. The van der Waals surface area contributed by atoms with Gasteiger partial charge in [0.1, 0.15) is 5.82 Å².